The van der Waals surface area contributed by atoms with Crippen molar-refractivity contribution in [3.8, 4) is 0 Å². The fourth-order valence-electron chi connectivity index (χ4n) is 3.26. The summed E-state index contributed by atoms with van der Waals surface area (Å²) in [6.07, 6.45) is 6.99. The van der Waals surface area contributed by atoms with Crippen LogP contribution in [-0.4, -0.2) is 59.0 Å². The molecule has 20 heavy (non-hydrogen) atoms. The van der Waals surface area contributed by atoms with Gasteiger partial charge in [0.25, 0.3) is 0 Å². The number of carbonyl (C=O) groups is 2. The third kappa shape index (κ3) is 4.47. The number of piperidine rings is 1. The van der Waals surface area contributed by atoms with Gasteiger partial charge in [-0.1, -0.05) is 6.42 Å². The molecule has 2 fully saturated rings. The number of carbonyl (C=O) groups excluding carboxylic acids is 1. The first-order valence-electron chi connectivity index (χ1n) is 7.90. The number of aliphatic carboxylic acids is 1. The molecule has 2 aliphatic rings. The van der Waals surface area contributed by atoms with E-state index in [2.05, 4.69) is 4.90 Å². The van der Waals surface area contributed by atoms with Gasteiger partial charge in [-0.25, -0.2) is 0 Å². The maximum absolute atomic E-state index is 12.1. The molecule has 1 atom stereocenters. The van der Waals surface area contributed by atoms with Crippen LogP contribution in [0.15, 0.2) is 0 Å². The van der Waals surface area contributed by atoms with Gasteiger partial charge in [0.1, 0.15) is 0 Å². The lowest BCUT2D eigenvalue weighted by Gasteiger charge is -2.32. The lowest BCUT2D eigenvalue weighted by molar-refractivity contribution is -0.137. The summed E-state index contributed by atoms with van der Waals surface area (Å²) in [6, 6.07) is 0.554. The number of amides is 1. The van der Waals surface area contributed by atoms with E-state index in [0.717, 1.165) is 19.5 Å². The van der Waals surface area contributed by atoms with E-state index < -0.39 is 5.97 Å². The minimum Gasteiger partial charge on any atom is -0.481 e. The second kappa shape index (κ2) is 7.62. The van der Waals surface area contributed by atoms with Crippen molar-refractivity contribution < 1.29 is 14.7 Å². The highest BCUT2D eigenvalue weighted by Gasteiger charge is 2.30. The topological polar surface area (TPSA) is 60.9 Å². The molecule has 5 heteroatoms. The molecule has 0 aromatic carbocycles. The average Bonchev–Trinajstić information content (AvgIpc) is 2.94. The quantitative estimate of drug-likeness (QED) is 0.754. The van der Waals surface area contributed by atoms with Gasteiger partial charge in [0.05, 0.1) is 0 Å². The average molecular weight is 282 g/mol. The highest BCUT2D eigenvalue weighted by molar-refractivity contribution is 5.76. The summed E-state index contributed by atoms with van der Waals surface area (Å²) in [4.78, 5) is 27.0. The molecule has 1 amide bonds. The van der Waals surface area contributed by atoms with Crippen LogP contribution in [0.5, 0.6) is 0 Å². The monoisotopic (exact) mass is 282 g/mol. The summed E-state index contributed by atoms with van der Waals surface area (Å²) >= 11 is 0. The van der Waals surface area contributed by atoms with Gasteiger partial charge in [0.2, 0.25) is 5.91 Å². The maximum atomic E-state index is 12.1. The molecule has 2 rings (SSSR count). The molecule has 0 aliphatic carbocycles. The molecule has 0 radical (unpaired) electrons. The number of carboxylic acid groups (broad SMARTS) is 1. The van der Waals surface area contributed by atoms with Gasteiger partial charge >= 0.3 is 5.97 Å². The highest BCUT2D eigenvalue weighted by atomic mass is 16.4. The second-order valence-electron chi connectivity index (χ2n) is 5.98. The lowest BCUT2D eigenvalue weighted by atomic mass is 10.1. The third-order valence-electron chi connectivity index (χ3n) is 4.45. The normalized spacial score (nSPS) is 24.0. The van der Waals surface area contributed by atoms with Gasteiger partial charge in [0.15, 0.2) is 0 Å². The Bertz CT molecular complexity index is 340. The van der Waals surface area contributed by atoms with Gasteiger partial charge < -0.3 is 10.0 Å². The van der Waals surface area contributed by atoms with Crippen molar-refractivity contribution in [2.75, 3.05) is 26.2 Å². The summed E-state index contributed by atoms with van der Waals surface area (Å²) in [6.45, 7) is 4.12. The molecule has 5 nitrogen and oxygen atoms in total. The van der Waals surface area contributed by atoms with Crippen LogP contribution < -0.4 is 0 Å². The lowest BCUT2D eigenvalue weighted by Crippen LogP contribution is -2.41. The second-order valence-corrected chi connectivity index (χ2v) is 5.98. The van der Waals surface area contributed by atoms with Gasteiger partial charge in [0, 0.05) is 32.0 Å². The molecular formula is C15H26N2O3. The molecule has 0 aromatic rings. The van der Waals surface area contributed by atoms with E-state index in [1.54, 1.807) is 0 Å². The molecule has 0 saturated carbocycles. The van der Waals surface area contributed by atoms with Crippen molar-refractivity contribution in [3.05, 3.63) is 0 Å². The summed E-state index contributed by atoms with van der Waals surface area (Å²) in [5.74, 6) is -0.571. The van der Waals surface area contributed by atoms with Crippen LogP contribution >= 0.6 is 0 Å². The van der Waals surface area contributed by atoms with E-state index in [0.29, 0.717) is 25.3 Å². The standard InChI is InChI=1S/C15H26N2O3/c18-14(6-2-3-7-15(19)20)17-11-8-13(12-17)16-9-4-1-5-10-16/h13H,1-12H2,(H,19,20). The Labute approximate surface area is 120 Å². The smallest absolute Gasteiger partial charge is 0.303 e. The van der Waals surface area contributed by atoms with Crippen molar-refractivity contribution in [3.63, 3.8) is 0 Å². The minimum absolute atomic E-state index is 0.170. The number of carboxylic acids is 1. The SMILES string of the molecule is O=C(O)CCCCC(=O)N1CCC(N2CCCCC2)C1. The fraction of sp³-hybridized carbons (Fsp3) is 0.867. The van der Waals surface area contributed by atoms with Crippen LogP contribution in [-0.2, 0) is 9.59 Å². The molecule has 2 saturated heterocycles. The number of nitrogens with zero attached hydrogens (tertiary/aromatic N) is 2. The van der Waals surface area contributed by atoms with Gasteiger partial charge in [-0.15, -0.1) is 0 Å². The van der Waals surface area contributed by atoms with Crippen molar-refractivity contribution >= 4 is 11.9 Å². The predicted octanol–water partition coefficient (Wildman–Crippen LogP) is 1.72. The highest BCUT2D eigenvalue weighted by Crippen LogP contribution is 2.21. The molecule has 1 unspecified atom stereocenters. The van der Waals surface area contributed by atoms with Crippen molar-refractivity contribution in [1.82, 2.24) is 9.80 Å². The molecule has 0 spiro atoms. The van der Waals surface area contributed by atoms with Crippen molar-refractivity contribution in [2.45, 2.75) is 57.4 Å². The first-order chi connectivity index (χ1) is 9.66. The maximum Gasteiger partial charge on any atom is 0.303 e. The Morgan fingerprint density at radius 2 is 1.70 bits per heavy atom. The molecule has 0 bridgehead atoms. The van der Waals surface area contributed by atoms with Gasteiger partial charge in [-0.05, 0) is 45.2 Å². The van der Waals surface area contributed by atoms with Crippen molar-refractivity contribution in [2.24, 2.45) is 0 Å². The van der Waals surface area contributed by atoms with E-state index in [4.69, 9.17) is 5.11 Å². The van der Waals surface area contributed by atoms with E-state index in [1.165, 1.54) is 32.4 Å². The molecule has 2 aliphatic heterocycles. The van der Waals surface area contributed by atoms with Crippen LogP contribution in [0.3, 0.4) is 0 Å². The molecule has 2 heterocycles. The molecule has 114 valence electrons. The van der Waals surface area contributed by atoms with E-state index in [-0.39, 0.29) is 12.3 Å². The summed E-state index contributed by atoms with van der Waals surface area (Å²) in [5, 5.41) is 8.57. The number of unbranched alkanes of at least 4 members (excludes halogenated alkanes) is 1. The molecular weight excluding hydrogens is 256 g/mol. The zero-order valence-corrected chi connectivity index (χ0v) is 12.2. The number of rotatable bonds is 6. The van der Waals surface area contributed by atoms with Crippen LogP contribution in [0.1, 0.15) is 51.4 Å². The Kier molecular flexibility index (Phi) is 5.83. The minimum atomic E-state index is -0.774. The Morgan fingerprint density at radius 3 is 2.40 bits per heavy atom. The first-order valence-corrected chi connectivity index (χ1v) is 7.90. The Hall–Kier alpha value is -1.10. The Balaban J connectivity index is 1.66. The largest absolute Gasteiger partial charge is 0.481 e. The summed E-state index contributed by atoms with van der Waals surface area (Å²) in [7, 11) is 0. The van der Waals surface area contributed by atoms with Crippen LogP contribution in [0, 0.1) is 0 Å². The van der Waals surface area contributed by atoms with Gasteiger partial charge in [-0.2, -0.15) is 0 Å². The van der Waals surface area contributed by atoms with E-state index >= 15 is 0 Å². The zero-order valence-electron chi connectivity index (χ0n) is 12.2. The Morgan fingerprint density at radius 1 is 1.00 bits per heavy atom. The predicted molar refractivity (Wildman–Crippen MR) is 76.5 cm³/mol. The number of likely N-dealkylation sites (tertiary alicyclic amines) is 2. The molecule has 1 N–H and O–H groups in total. The zero-order chi connectivity index (χ0) is 14.4. The fourth-order valence-corrected chi connectivity index (χ4v) is 3.26. The summed E-state index contributed by atoms with van der Waals surface area (Å²) in [5.41, 5.74) is 0. The van der Waals surface area contributed by atoms with E-state index in [9.17, 15) is 9.59 Å². The summed E-state index contributed by atoms with van der Waals surface area (Å²) < 4.78 is 0. The number of hydrogen-bond acceptors (Lipinski definition) is 3. The first kappa shape index (κ1) is 15.3. The third-order valence-corrected chi connectivity index (χ3v) is 4.45. The van der Waals surface area contributed by atoms with E-state index in [1.807, 2.05) is 4.90 Å². The van der Waals surface area contributed by atoms with Crippen LogP contribution in [0.2, 0.25) is 0 Å². The number of hydrogen-bond donors (Lipinski definition) is 1. The van der Waals surface area contributed by atoms with Crippen LogP contribution in [0.25, 0.3) is 0 Å². The van der Waals surface area contributed by atoms with Crippen LogP contribution in [0.4, 0.5) is 0 Å². The van der Waals surface area contributed by atoms with Crippen molar-refractivity contribution in [1.29, 1.82) is 0 Å². The molecule has 0 aromatic heterocycles. The van der Waals surface area contributed by atoms with Gasteiger partial charge in [-0.3, -0.25) is 14.5 Å².